The Morgan fingerprint density at radius 2 is 2.32 bits per heavy atom. The first-order valence-electron chi connectivity index (χ1n) is 7.16. The summed E-state index contributed by atoms with van der Waals surface area (Å²) in [5, 5.41) is 3.39. The maximum absolute atomic E-state index is 5.20. The second-order valence-electron chi connectivity index (χ2n) is 5.28. The number of nitrogens with zero attached hydrogens (tertiary/aromatic N) is 2. The number of aromatic nitrogens is 1. The van der Waals surface area contributed by atoms with Gasteiger partial charge in [-0.05, 0) is 39.4 Å². The van der Waals surface area contributed by atoms with E-state index >= 15 is 0 Å². The quantitative estimate of drug-likeness (QED) is 0.882. The summed E-state index contributed by atoms with van der Waals surface area (Å²) < 4.78 is 5.20. The minimum atomic E-state index is 0.519. The summed E-state index contributed by atoms with van der Waals surface area (Å²) in [7, 11) is 3.71. The number of nitrogens with one attached hydrogen (secondary N) is 1. The molecule has 1 saturated heterocycles. The zero-order chi connectivity index (χ0) is 13.7. The van der Waals surface area contributed by atoms with E-state index in [-0.39, 0.29) is 0 Å². The van der Waals surface area contributed by atoms with Gasteiger partial charge < -0.3 is 10.1 Å². The van der Waals surface area contributed by atoms with Crippen LogP contribution in [0.5, 0.6) is 5.88 Å². The maximum Gasteiger partial charge on any atom is 0.213 e. The van der Waals surface area contributed by atoms with Crippen LogP contribution in [-0.2, 0) is 6.54 Å². The van der Waals surface area contributed by atoms with Gasteiger partial charge in [0.15, 0.2) is 0 Å². The Bertz CT molecular complexity index is 397. The van der Waals surface area contributed by atoms with Crippen LogP contribution in [0.4, 0.5) is 0 Å². The van der Waals surface area contributed by atoms with Gasteiger partial charge in [-0.25, -0.2) is 4.98 Å². The van der Waals surface area contributed by atoms with Crippen molar-refractivity contribution in [2.24, 2.45) is 0 Å². The zero-order valence-corrected chi connectivity index (χ0v) is 12.2. The van der Waals surface area contributed by atoms with Crippen molar-refractivity contribution in [2.75, 3.05) is 20.7 Å². The van der Waals surface area contributed by atoms with Crippen LogP contribution in [0.15, 0.2) is 18.2 Å². The molecule has 0 aromatic carbocycles. The van der Waals surface area contributed by atoms with E-state index in [4.69, 9.17) is 4.74 Å². The predicted molar refractivity (Wildman–Crippen MR) is 77.4 cm³/mol. The molecule has 2 rings (SSSR count). The fourth-order valence-electron chi connectivity index (χ4n) is 2.84. The van der Waals surface area contributed by atoms with E-state index in [0.29, 0.717) is 18.0 Å². The highest BCUT2D eigenvalue weighted by molar-refractivity contribution is 5.15. The molecule has 2 atom stereocenters. The summed E-state index contributed by atoms with van der Waals surface area (Å²) in [4.78, 5) is 7.07. The van der Waals surface area contributed by atoms with Gasteiger partial charge in [-0.15, -0.1) is 0 Å². The number of pyridine rings is 1. The van der Waals surface area contributed by atoms with Gasteiger partial charge in [-0.3, -0.25) is 4.90 Å². The Labute approximate surface area is 116 Å². The average molecular weight is 263 g/mol. The molecule has 1 aliphatic heterocycles. The number of ether oxygens (including phenoxy) is 1. The minimum Gasteiger partial charge on any atom is -0.481 e. The highest BCUT2D eigenvalue weighted by Gasteiger charge is 2.26. The molecule has 1 aliphatic rings. The van der Waals surface area contributed by atoms with Gasteiger partial charge >= 0.3 is 0 Å². The molecule has 0 bridgehead atoms. The lowest BCUT2D eigenvalue weighted by molar-refractivity contribution is 0.112. The second-order valence-corrected chi connectivity index (χ2v) is 5.28. The van der Waals surface area contributed by atoms with E-state index in [2.05, 4.69) is 28.2 Å². The molecule has 0 radical (unpaired) electrons. The van der Waals surface area contributed by atoms with Crippen molar-refractivity contribution >= 4 is 0 Å². The van der Waals surface area contributed by atoms with Gasteiger partial charge in [0.1, 0.15) is 0 Å². The first kappa shape index (κ1) is 14.3. The molecule has 2 unspecified atom stereocenters. The minimum absolute atomic E-state index is 0.519. The number of likely N-dealkylation sites (tertiary alicyclic amines) is 1. The molecule has 2 heterocycles. The summed E-state index contributed by atoms with van der Waals surface area (Å²) in [6, 6.07) is 7.12. The molecule has 4 nitrogen and oxygen atoms in total. The van der Waals surface area contributed by atoms with Crippen molar-refractivity contribution in [1.29, 1.82) is 0 Å². The molecule has 1 fully saturated rings. The number of hydrogen-bond acceptors (Lipinski definition) is 4. The van der Waals surface area contributed by atoms with Crippen LogP contribution in [0.3, 0.4) is 0 Å². The highest BCUT2D eigenvalue weighted by Crippen LogP contribution is 2.22. The number of piperidine rings is 1. The molecule has 1 aromatic heterocycles. The van der Waals surface area contributed by atoms with Crippen LogP contribution in [0.2, 0.25) is 0 Å². The smallest absolute Gasteiger partial charge is 0.213 e. The van der Waals surface area contributed by atoms with E-state index in [1.807, 2.05) is 19.2 Å². The van der Waals surface area contributed by atoms with Crippen LogP contribution < -0.4 is 10.1 Å². The highest BCUT2D eigenvalue weighted by atomic mass is 16.5. The number of likely N-dealkylation sites (N-methyl/N-ethyl adjacent to an activating group) is 1. The van der Waals surface area contributed by atoms with Crippen LogP contribution in [-0.4, -0.2) is 42.7 Å². The molecular weight excluding hydrogens is 238 g/mol. The van der Waals surface area contributed by atoms with Gasteiger partial charge in [0, 0.05) is 24.7 Å². The normalized spacial score (nSPS) is 22.2. The van der Waals surface area contributed by atoms with Gasteiger partial charge in [0.2, 0.25) is 5.88 Å². The Morgan fingerprint density at radius 1 is 1.47 bits per heavy atom. The van der Waals surface area contributed by atoms with Crippen LogP contribution >= 0.6 is 0 Å². The van der Waals surface area contributed by atoms with Crippen LogP contribution in [0.25, 0.3) is 0 Å². The van der Waals surface area contributed by atoms with Gasteiger partial charge in [-0.2, -0.15) is 0 Å². The first-order valence-corrected chi connectivity index (χ1v) is 7.16. The molecule has 0 spiro atoms. The summed E-state index contributed by atoms with van der Waals surface area (Å²) in [6.07, 6.45) is 3.89. The van der Waals surface area contributed by atoms with Crippen molar-refractivity contribution in [3.8, 4) is 5.88 Å². The lowest BCUT2D eigenvalue weighted by atomic mass is 9.96. The third-order valence-corrected chi connectivity index (χ3v) is 4.05. The molecule has 1 aromatic rings. The third-order valence-electron chi connectivity index (χ3n) is 4.05. The molecule has 0 aliphatic carbocycles. The summed E-state index contributed by atoms with van der Waals surface area (Å²) >= 11 is 0. The second kappa shape index (κ2) is 6.87. The van der Waals surface area contributed by atoms with Crippen LogP contribution in [0.1, 0.15) is 31.9 Å². The van der Waals surface area contributed by atoms with Gasteiger partial charge in [-0.1, -0.05) is 12.5 Å². The fourth-order valence-corrected chi connectivity index (χ4v) is 2.84. The monoisotopic (exact) mass is 263 g/mol. The van der Waals surface area contributed by atoms with E-state index < -0.39 is 0 Å². The Balaban J connectivity index is 2.06. The topological polar surface area (TPSA) is 37.4 Å². The van der Waals surface area contributed by atoms with E-state index in [9.17, 15) is 0 Å². The molecule has 106 valence electrons. The van der Waals surface area contributed by atoms with Crippen molar-refractivity contribution in [2.45, 2.75) is 44.8 Å². The Hall–Kier alpha value is -1.13. The Morgan fingerprint density at radius 3 is 3.05 bits per heavy atom. The van der Waals surface area contributed by atoms with Gasteiger partial charge in [0.05, 0.1) is 12.8 Å². The number of methoxy groups -OCH3 is 1. The number of rotatable bonds is 5. The van der Waals surface area contributed by atoms with Crippen LogP contribution in [0, 0.1) is 0 Å². The summed E-state index contributed by atoms with van der Waals surface area (Å²) in [5.41, 5.74) is 1.09. The van der Waals surface area contributed by atoms with Crippen molar-refractivity contribution in [1.82, 2.24) is 15.2 Å². The van der Waals surface area contributed by atoms with E-state index in [0.717, 1.165) is 18.8 Å². The molecule has 1 N–H and O–H groups in total. The lowest BCUT2D eigenvalue weighted by Gasteiger charge is -2.39. The largest absolute Gasteiger partial charge is 0.481 e. The lowest BCUT2D eigenvalue weighted by Crippen LogP contribution is -2.49. The summed E-state index contributed by atoms with van der Waals surface area (Å²) in [5.74, 6) is 0.702. The molecule has 19 heavy (non-hydrogen) atoms. The third kappa shape index (κ3) is 3.67. The fraction of sp³-hybridized carbons (Fsp3) is 0.667. The van der Waals surface area contributed by atoms with Gasteiger partial charge in [0.25, 0.3) is 0 Å². The van der Waals surface area contributed by atoms with Crippen molar-refractivity contribution in [3.05, 3.63) is 23.9 Å². The SMILES string of the molecule is CNC(C)C1CCCCN1Cc1cccc(OC)n1. The molecule has 0 saturated carbocycles. The Kier molecular flexibility index (Phi) is 5.16. The van der Waals surface area contributed by atoms with E-state index in [1.165, 1.54) is 19.3 Å². The molecular formula is C15H25N3O. The maximum atomic E-state index is 5.20. The zero-order valence-electron chi connectivity index (χ0n) is 12.2. The first-order chi connectivity index (χ1) is 9.24. The van der Waals surface area contributed by atoms with E-state index in [1.54, 1.807) is 7.11 Å². The number of hydrogen-bond donors (Lipinski definition) is 1. The standard InChI is InChI=1S/C15H25N3O/c1-12(16-2)14-8-4-5-10-18(14)11-13-7-6-9-15(17-13)19-3/h6-7,9,12,14,16H,4-5,8,10-11H2,1-3H3. The molecule has 0 amide bonds. The van der Waals surface area contributed by atoms with Crippen molar-refractivity contribution in [3.63, 3.8) is 0 Å². The predicted octanol–water partition coefficient (Wildman–Crippen LogP) is 2.05. The average Bonchev–Trinajstić information content (AvgIpc) is 2.47. The summed E-state index contributed by atoms with van der Waals surface area (Å²) in [6.45, 7) is 4.34. The molecule has 4 heteroatoms. The van der Waals surface area contributed by atoms with Crippen molar-refractivity contribution < 1.29 is 4.74 Å².